The number of nitrogens with zero attached hydrogens (tertiary/aromatic N) is 3. The van der Waals surface area contributed by atoms with Gasteiger partial charge in [0.05, 0.1) is 5.56 Å². The number of nitrogens with two attached hydrogens (primary N) is 1. The Morgan fingerprint density at radius 2 is 2.11 bits per heavy atom. The van der Waals surface area contributed by atoms with E-state index < -0.39 is 11.6 Å². The number of fused-ring (bicyclic) bond motifs is 1. The van der Waals surface area contributed by atoms with E-state index in [2.05, 4.69) is 10.2 Å². The Hall–Kier alpha value is -1.82. The second kappa shape index (κ2) is 4.38. The van der Waals surface area contributed by atoms with Gasteiger partial charge in [-0.2, -0.15) is 0 Å². The summed E-state index contributed by atoms with van der Waals surface area (Å²) in [6.45, 7) is 2.09. The van der Waals surface area contributed by atoms with Gasteiger partial charge >= 0.3 is 0 Å². The number of aryl methyl sites for hydroxylation is 2. The van der Waals surface area contributed by atoms with E-state index in [4.69, 9.17) is 5.73 Å². The molecule has 4 nitrogen and oxygen atoms in total. The van der Waals surface area contributed by atoms with Gasteiger partial charge in [0.25, 0.3) is 0 Å². The molecule has 2 heterocycles. The maximum Gasteiger partial charge on any atom is 0.169 e. The first-order valence-corrected chi connectivity index (χ1v) is 6.20. The summed E-state index contributed by atoms with van der Waals surface area (Å²) in [5.41, 5.74) is 6.16. The van der Waals surface area contributed by atoms with Crippen molar-refractivity contribution in [1.29, 1.82) is 0 Å². The van der Waals surface area contributed by atoms with Crippen LogP contribution in [0.1, 0.15) is 17.8 Å². The molecule has 6 heteroatoms. The Balaban J connectivity index is 2.19. The highest BCUT2D eigenvalue weighted by atomic mass is 19.1. The SMILES string of the molecule is Cc1ccc(F)c(-c2nnc3n2CC(N)CC3)c1F. The Bertz CT molecular complexity index is 636. The average Bonchev–Trinajstić information content (AvgIpc) is 2.78. The Kier molecular flexibility index (Phi) is 2.82. The molecular formula is C13H14F2N4. The second-order valence-corrected chi connectivity index (χ2v) is 4.90. The minimum absolute atomic E-state index is 0.0295. The summed E-state index contributed by atoms with van der Waals surface area (Å²) in [5.74, 6) is -0.257. The Morgan fingerprint density at radius 3 is 2.89 bits per heavy atom. The van der Waals surface area contributed by atoms with Crippen LogP contribution >= 0.6 is 0 Å². The predicted octanol–water partition coefficient (Wildman–Crippen LogP) is 1.81. The van der Waals surface area contributed by atoms with Crippen LogP contribution in [-0.2, 0) is 13.0 Å². The van der Waals surface area contributed by atoms with Gasteiger partial charge in [0.1, 0.15) is 17.5 Å². The minimum atomic E-state index is -0.627. The molecule has 0 saturated carbocycles. The lowest BCUT2D eigenvalue weighted by Crippen LogP contribution is -2.32. The molecule has 0 fully saturated rings. The fourth-order valence-corrected chi connectivity index (χ4v) is 2.40. The van der Waals surface area contributed by atoms with E-state index in [0.717, 1.165) is 12.2 Å². The molecule has 1 atom stereocenters. The number of hydrogen-bond donors (Lipinski definition) is 1. The van der Waals surface area contributed by atoms with Crippen molar-refractivity contribution in [3.63, 3.8) is 0 Å². The molecule has 2 aromatic rings. The summed E-state index contributed by atoms with van der Waals surface area (Å²) in [7, 11) is 0. The monoisotopic (exact) mass is 264 g/mol. The van der Waals surface area contributed by atoms with Gasteiger partial charge in [-0.05, 0) is 25.0 Å². The molecule has 1 unspecified atom stereocenters. The summed E-state index contributed by atoms with van der Waals surface area (Å²) in [4.78, 5) is 0. The first-order chi connectivity index (χ1) is 9.08. The molecule has 1 aliphatic heterocycles. The molecule has 0 amide bonds. The third-order valence-corrected chi connectivity index (χ3v) is 3.49. The third-order valence-electron chi connectivity index (χ3n) is 3.49. The fourth-order valence-electron chi connectivity index (χ4n) is 2.40. The van der Waals surface area contributed by atoms with Crippen LogP contribution in [-0.4, -0.2) is 20.8 Å². The van der Waals surface area contributed by atoms with E-state index in [-0.39, 0.29) is 17.4 Å². The lowest BCUT2D eigenvalue weighted by atomic mass is 10.1. The summed E-state index contributed by atoms with van der Waals surface area (Å²) in [5, 5.41) is 7.95. The molecule has 100 valence electrons. The second-order valence-electron chi connectivity index (χ2n) is 4.90. The van der Waals surface area contributed by atoms with Gasteiger partial charge < -0.3 is 10.3 Å². The van der Waals surface area contributed by atoms with Crippen molar-refractivity contribution in [2.45, 2.75) is 32.4 Å². The summed E-state index contributed by atoms with van der Waals surface area (Å²) in [6, 6.07) is 2.63. The van der Waals surface area contributed by atoms with E-state index in [1.165, 1.54) is 12.1 Å². The molecule has 0 aliphatic carbocycles. The number of aromatic nitrogens is 3. The van der Waals surface area contributed by atoms with Crippen LogP contribution in [0.2, 0.25) is 0 Å². The normalized spacial score (nSPS) is 18.4. The molecule has 0 saturated heterocycles. The lowest BCUT2D eigenvalue weighted by molar-refractivity contribution is 0.454. The molecule has 1 aromatic heterocycles. The zero-order valence-electron chi connectivity index (χ0n) is 10.5. The number of hydrogen-bond acceptors (Lipinski definition) is 3. The van der Waals surface area contributed by atoms with Crippen molar-refractivity contribution >= 4 is 0 Å². The van der Waals surface area contributed by atoms with E-state index in [0.29, 0.717) is 18.5 Å². The zero-order valence-corrected chi connectivity index (χ0v) is 10.5. The van der Waals surface area contributed by atoms with Gasteiger partial charge in [-0.3, -0.25) is 0 Å². The van der Waals surface area contributed by atoms with Crippen molar-refractivity contribution in [1.82, 2.24) is 14.8 Å². The number of halogens is 2. The first kappa shape index (κ1) is 12.2. The van der Waals surface area contributed by atoms with Gasteiger partial charge in [0, 0.05) is 19.0 Å². The van der Waals surface area contributed by atoms with Crippen LogP contribution in [0.25, 0.3) is 11.4 Å². The van der Waals surface area contributed by atoms with Gasteiger partial charge in [-0.15, -0.1) is 10.2 Å². The van der Waals surface area contributed by atoms with Crippen LogP contribution < -0.4 is 5.73 Å². The van der Waals surface area contributed by atoms with Crippen molar-refractivity contribution in [2.24, 2.45) is 5.73 Å². The maximum absolute atomic E-state index is 14.1. The first-order valence-electron chi connectivity index (χ1n) is 6.20. The smallest absolute Gasteiger partial charge is 0.169 e. The van der Waals surface area contributed by atoms with Crippen molar-refractivity contribution in [3.05, 3.63) is 35.2 Å². The molecule has 0 radical (unpaired) electrons. The molecule has 0 spiro atoms. The molecule has 1 aromatic carbocycles. The highest BCUT2D eigenvalue weighted by Crippen LogP contribution is 2.28. The summed E-state index contributed by atoms with van der Waals surface area (Å²) in [6.07, 6.45) is 1.50. The Labute approximate surface area is 109 Å². The van der Waals surface area contributed by atoms with Crippen molar-refractivity contribution < 1.29 is 8.78 Å². The molecular weight excluding hydrogens is 250 g/mol. The van der Waals surface area contributed by atoms with Crippen molar-refractivity contribution in [2.75, 3.05) is 0 Å². The molecule has 2 N–H and O–H groups in total. The lowest BCUT2D eigenvalue weighted by Gasteiger charge is -2.21. The third kappa shape index (κ3) is 1.92. The molecule has 0 bridgehead atoms. The summed E-state index contributed by atoms with van der Waals surface area (Å²) < 4.78 is 29.8. The van der Waals surface area contributed by atoms with Crippen LogP contribution in [0.4, 0.5) is 8.78 Å². The zero-order chi connectivity index (χ0) is 13.6. The van der Waals surface area contributed by atoms with E-state index >= 15 is 0 Å². The van der Waals surface area contributed by atoms with E-state index in [9.17, 15) is 8.78 Å². The quantitative estimate of drug-likeness (QED) is 0.854. The van der Waals surface area contributed by atoms with Gasteiger partial charge in [0.15, 0.2) is 5.82 Å². The standard InChI is InChI=1S/C13H14F2N4/c1-7-2-4-9(14)11(12(7)15)13-18-17-10-5-3-8(16)6-19(10)13/h2,4,8H,3,5-6,16H2,1H3. The van der Waals surface area contributed by atoms with Gasteiger partial charge in [0.2, 0.25) is 0 Å². The highest BCUT2D eigenvalue weighted by Gasteiger charge is 2.25. The topological polar surface area (TPSA) is 56.7 Å². The van der Waals surface area contributed by atoms with Gasteiger partial charge in [-0.1, -0.05) is 6.07 Å². The Morgan fingerprint density at radius 1 is 1.32 bits per heavy atom. The number of rotatable bonds is 1. The van der Waals surface area contributed by atoms with Crippen LogP contribution in [0.15, 0.2) is 12.1 Å². The molecule has 19 heavy (non-hydrogen) atoms. The van der Waals surface area contributed by atoms with Crippen molar-refractivity contribution in [3.8, 4) is 11.4 Å². The fraction of sp³-hybridized carbons (Fsp3) is 0.385. The van der Waals surface area contributed by atoms with Crippen LogP contribution in [0.3, 0.4) is 0 Å². The molecule has 1 aliphatic rings. The minimum Gasteiger partial charge on any atom is -0.326 e. The predicted molar refractivity (Wildman–Crippen MR) is 66.4 cm³/mol. The highest BCUT2D eigenvalue weighted by molar-refractivity contribution is 5.59. The average molecular weight is 264 g/mol. The summed E-state index contributed by atoms with van der Waals surface area (Å²) >= 11 is 0. The maximum atomic E-state index is 14.1. The van der Waals surface area contributed by atoms with Gasteiger partial charge in [-0.25, -0.2) is 8.78 Å². The number of benzene rings is 1. The van der Waals surface area contributed by atoms with Crippen LogP contribution in [0, 0.1) is 18.6 Å². The van der Waals surface area contributed by atoms with E-state index in [1.54, 1.807) is 11.5 Å². The molecule has 3 rings (SSSR count). The largest absolute Gasteiger partial charge is 0.326 e. The van der Waals surface area contributed by atoms with E-state index in [1.807, 2.05) is 0 Å². The van der Waals surface area contributed by atoms with Crippen LogP contribution in [0.5, 0.6) is 0 Å².